The maximum Gasteiger partial charge on any atom is 0.266 e. The number of aromatic nitrogens is 1. The monoisotopic (exact) mass is 475 g/mol. The molecule has 0 aliphatic carbocycles. The van der Waals surface area contributed by atoms with Crippen LogP contribution in [-0.2, 0) is 10.0 Å². The summed E-state index contributed by atoms with van der Waals surface area (Å²) in [6.45, 7) is 5.46. The van der Waals surface area contributed by atoms with Gasteiger partial charge in [-0.3, -0.25) is 9.10 Å². The summed E-state index contributed by atoms with van der Waals surface area (Å²) in [7, 11) is -4.15. The van der Waals surface area contributed by atoms with Crippen molar-refractivity contribution in [1.29, 1.82) is 0 Å². The minimum absolute atomic E-state index is 0.0219. The molecule has 1 aromatic heterocycles. The first-order valence-electron chi connectivity index (χ1n) is 9.15. The zero-order valence-electron chi connectivity index (χ0n) is 16.5. The number of amides is 1. The Kier molecular flexibility index (Phi) is 7.00. The number of para-hydroxylation sites is 1. The molecule has 0 aliphatic heterocycles. The third-order valence-corrected chi connectivity index (χ3v) is 6.92. The van der Waals surface area contributed by atoms with Gasteiger partial charge in [0.15, 0.2) is 0 Å². The number of carbonyl (C=O) groups excluding carboxylic acids is 1. The van der Waals surface area contributed by atoms with Gasteiger partial charge in [-0.25, -0.2) is 13.4 Å². The van der Waals surface area contributed by atoms with Gasteiger partial charge in [-0.2, -0.15) is 0 Å². The number of anilines is 2. The normalized spacial score (nSPS) is 11.1. The van der Waals surface area contributed by atoms with Crippen molar-refractivity contribution in [3.63, 3.8) is 0 Å². The highest BCUT2D eigenvalue weighted by atomic mass is 35.5. The van der Waals surface area contributed by atoms with E-state index in [-0.39, 0.29) is 32.7 Å². The lowest BCUT2D eigenvalue weighted by Crippen LogP contribution is -2.32. The number of halogens is 2. The molecule has 0 spiro atoms. The predicted octanol–water partition coefficient (Wildman–Crippen LogP) is 5.33. The summed E-state index contributed by atoms with van der Waals surface area (Å²) in [5, 5.41) is 2.88. The molecular formula is C22H19Cl2N3O3S. The number of aryl methyl sites for hydroxylation is 1. The second-order valence-electron chi connectivity index (χ2n) is 6.59. The van der Waals surface area contributed by atoms with Gasteiger partial charge in [0.05, 0.1) is 22.3 Å². The van der Waals surface area contributed by atoms with Crippen molar-refractivity contribution in [2.75, 3.05) is 16.2 Å². The largest absolute Gasteiger partial charge is 0.307 e. The van der Waals surface area contributed by atoms with Gasteiger partial charge in [-0.1, -0.05) is 41.4 Å². The van der Waals surface area contributed by atoms with Crippen LogP contribution < -0.4 is 9.62 Å². The molecule has 0 bridgehead atoms. The van der Waals surface area contributed by atoms with Gasteiger partial charge in [-0.15, -0.1) is 6.58 Å². The van der Waals surface area contributed by atoms with Crippen molar-refractivity contribution in [3.8, 4) is 0 Å². The Balaban J connectivity index is 2.02. The van der Waals surface area contributed by atoms with Gasteiger partial charge in [0.2, 0.25) is 0 Å². The Bertz CT molecular complexity index is 1250. The molecule has 3 aromatic rings. The Morgan fingerprint density at radius 2 is 1.87 bits per heavy atom. The molecule has 0 fully saturated rings. The summed E-state index contributed by atoms with van der Waals surface area (Å²) in [4.78, 5) is 16.6. The summed E-state index contributed by atoms with van der Waals surface area (Å²) in [5.74, 6) is -0.159. The van der Waals surface area contributed by atoms with E-state index in [0.29, 0.717) is 5.82 Å². The SMILES string of the molecule is C=CCN(c1ccccc1Cl)S(=O)(=O)c1cc(C(=O)Nc2cc(C)ccn2)ccc1Cl. The van der Waals surface area contributed by atoms with Crippen LogP contribution in [0.25, 0.3) is 0 Å². The molecule has 2 aromatic carbocycles. The maximum absolute atomic E-state index is 13.5. The minimum Gasteiger partial charge on any atom is -0.307 e. The Morgan fingerprint density at radius 3 is 2.55 bits per heavy atom. The molecule has 0 atom stereocenters. The summed E-state index contributed by atoms with van der Waals surface area (Å²) in [6, 6.07) is 14.1. The molecule has 3 rings (SSSR count). The van der Waals surface area contributed by atoms with Crippen molar-refractivity contribution in [1.82, 2.24) is 4.98 Å². The molecule has 160 valence electrons. The highest BCUT2D eigenvalue weighted by Gasteiger charge is 2.28. The lowest BCUT2D eigenvalue weighted by atomic mass is 10.2. The fourth-order valence-corrected chi connectivity index (χ4v) is 5.10. The summed E-state index contributed by atoms with van der Waals surface area (Å²) < 4.78 is 28.0. The van der Waals surface area contributed by atoms with E-state index in [1.54, 1.807) is 42.6 Å². The highest BCUT2D eigenvalue weighted by Crippen LogP contribution is 2.33. The van der Waals surface area contributed by atoms with Gasteiger partial charge in [0.25, 0.3) is 15.9 Å². The van der Waals surface area contributed by atoms with Gasteiger partial charge < -0.3 is 5.32 Å². The second-order valence-corrected chi connectivity index (χ2v) is 9.24. The first-order valence-corrected chi connectivity index (χ1v) is 11.4. The van der Waals surface area contributed by atoms with E-state index in [1.807, 2.05) is 6.92 Å². The molecule has 0 unspecified atom stereocenters. The quantitative estimate of drug-likeness (QED) is 0.468. The molecule has 0 radical (unpaired) electrons. The van der Waals surface area contributed by atoms with Crippen molar-refractivity contribution in [2.24, 2.45) is 0 Å². The number of rotatable bonds is 7. The summed E-state index contributed by atoms with van der Waals surface area (Å²) in [5.41, 5.74) is 1.31. The third kappa shape index (κ3) is 5.07. The van der Waals surface area contributed by atoms with E-state index < -0.39 is 15.9 Å². The summed E-state index contributed by atoms with van der Waals surface area (Å²) in [6.07, 6.45) is 3.01. The van der Waals surface area contributed by atoms with E-state index in [1.165, 1.54) is 24.3 Å². The number of sulfonamides is 1. The van der Waals surface area contributed by atoms with Gasteiger partial charge >= 0.3 is 0 Å². The average Bonchev–Trinajstić information content (AvgIpc) is 2.72. The van der Waals surface area contributed by atoms with Crippen molar-refractivity contribution >= 4 is 50.6 Å². The zero-order chi connectivity index (χ0) is 22.6. The van der Waals surface area contributed by atoms with Crippen LogP contribution in [0.3, 0.4) is 0 Å². The number of nitrogens with one attached hydrogen (secondary N) is 1. The van der Waals surface area contributed by atoms with Crippen LogP contribution in [0.4, 0.5) is 11.5 Å². The van der Waals surface area contributed by atoms with Crippen molar-refractivity contribution < 1.29 is 13.2 Å². The minimum atomic E-state index is -4.15. The molecule has 31 heavy (non-hydrogen) atoms. The molecule has 0 saturated heterocycles. The predicted molar refractivity (Wildman–Crippen MR) is 125 cm³/mol. The van der Waals surface area contributed by atoms with E-state index >= 15 is 0 Å². The number of pyridine rings is 1. The molecule has 1 heterocycles. The van der Waals surface area contributed by atoms with E-state index in [0.717, 1.165) is 9.87 Å². The van der Waals surface area contributed by atoms with Crippen molar-refractivity contribution in [2.45, 2.75) is 11.8 Å². The molecule has 1 N–H and O–H groups in total. The first kappa shape index (κ1) is 22.8. The van der Waals surface area contributed by atoms with Crippen LogP contribution in [0.15, 0.2) is 78.3 Å². The Hall–Kier alpha value is -2.87. The molecule has 1 amide bonds. The topological polar surface area (TPSA) is 79.4 Å². The summed E-state index contributed by atoms with van der Waals surface area (Å²) >= 11 is 12.5. The fourth-order valence-electron chi connectivity index (χ4n) is 2.85. The van der Waals surface area contributed by atoms with Crippen LogP contribution in [-0.4, -0.2) is 25.9 Å². The number of hydrogen-bond donors (Lipinski definition) is 1. The third-order valence-electron chi connectivity index (χ3n) is 4.33. The Morgan fingerprint density at radius 1 is 1.13 bits per heavy atom. The van der Waals surface area contributed by atoms with Gasteiger partial charge in [-0.05, 0) is 55.0 Å². The molecular weight excluding hydrogens is 457 g/mol. The first-order chi connectivity index (χ1) is 14.7. The lowest BCUT2D eigenvalue weighted by molar-refractivity contribution is 0.102. The van der Waals surface area contributed by atoms with Crippen molar-refractivity contribution in [3.05, 3.63) is 94.6 Å². The molecule has 6 nitrogen and oxygen atoms in total. The van der Waals surface area contributed by atoms with Crippen LogP contribution in [0.2, 0.25) is 10.0 Å². The fraction of sp³-hybridized carbons (Fsp3) is 0.0909. The average molecular weight is 476 g/mol. The smallest absolute Gasteiger partial charge is 0.266 e. The standard InChI is InChI=1S/C22H19Cl2N3O3S/c1-3-12-27(19-7-5-4-6-17(19)23)31(29,30)20-14-16(8-9-18(20)24)22(28)26-21-13-15(2)10-11-25-21/h3-11,13-14H,1,12H2,2H3,(H,25,26,28). The molecule has 0 saturated carbocycles. The van der Waals surface area contributed by atoms with E-state index in [2.05, 4.69) is 16.9 Å². The number of nitrogens with zero attached hydrogens (tertiary/aromatic N) is 2. The number of hydrogen-bond acceptors (Lipinski definition) is 4. The number of benzene rings is 2. The second kappa shape index (κ2) is 9.51. The lowest BCUT2D eigenvalue weighted by Gasteiger charge is -2.24. The van der Waals surface area contributed by atoms with E-state index in [4.69, 9.17) is 23.2 Å². The molecule has 9 heteroatoms. The van der Waals surface area contributed by atoms with Crippen LogP contribution in [0.1, 0.15) is 15.9 Å². The number of carbonyl (C=O) groups is 1. The van der Waals surface area contributed by atoms with E-state index in [9.17, 15) is 13.2 Å². The van der Waals surface area contributed by atoms with Crippen LogP contribution in [0, 0.1) is 6.92 Å². The van der Waals surface area contributed by atoms with Crippen LogP contribution >= 0.6 is 23.2 Å². The maximum atomic E-state index is 13.5. The van der Waals surface area contributed by atoms with Gasteiger partial charge in [0, 0.05) is 11.8 Å². The molecule has 0 aliphatic rings. The van der Waals surface area contributed by atoms with Gasteiger partial charge in [0.1, 0.15) is 10.7 Å². The zero-order valence-corrected chi connectivity index (χ0v) is 18.9. The van der Waals surface area contributed by atoms with Crippen LogP contribution in [0.5, 0.6) is 0 Å². The highest BCUT2D eigenvalue weighted by molar-refractivity contribution is 7.93. The Labute approximate surface area is 191 Å².